The Bertz CT molecular complexity index is 757. The van der Waals surface area contributed by atoms with Gasteiger partial charge in [-0.05, 0) is 38.2 Å². The molecule has 1 fully saturated rings. The summed E-state index contributed by atoms with van der Waals surface area (Å²) in [5.74, 6) is 0.652. The molecule has 3 rings (SSSR count). The third kappa shape index (κ3) is 4.17. The van der Waals surface area contributed by atoms with Crippen LogP contribution >= 0.6 is 0 Å². The van der Waals surface area contributed by atoms with E-state index in [1.54, 1.807) is 6.20 Å². The summed E-state index contributed by atoms with van der Waals surface area (Å²) in [4.78, 5) is 20.3. The molecule has 0 bridgehead atoms. The van der Waals surface area contributed by atoms with Crippen LogP contribution < -0.4 is 10.1 Å². The zero-order valence-electron chi connectivity index (χ0n) is 14.5. The molecular formula is C18H23N3O4. The predicted molar refractivity (Wildman–Crippen MR) is 93.7 cm³/mol. The van der Waals surface area contributed by atoms with E-state index in [0.717, 1.165) is 36.6 Å². The molecule has 1 aliphatic carbocycles. The van der Waals surface area contributed by atoms with Gasteiger partial charge in [-0.25, -0.2) is 14.8 Å². The van der Waals surface area contributed by atoms with Crippen molar-refractivity contribution >= 4 is 22.8 Å². The summed E-state index contributed by atoms with van der Waals surface area (Å²) < 4.78 is 10.3. The Morgan fingerprint density at radius 2 is 2.08 bits per heavy atom. The molecule has 2 N–H and O–H groups in total. The van der Waals surface area contributed by atoms with Gasteiger partial charge in [0.25, 0.3) is 0 Å². The van der Waals surface area contributed by atoms with E-state index < -0.39 is 5.97 Å². The van der Waals surface area contributed by atoms with E-state index in [0.29, 0.717) is 17.2 Å². The number of carbonyl (C=O) groups is 1. The first-order chi connectivity index (χ1) is 12.1. The predicted octanol–water partition coefficient (Wildman–Crippen LogP) is 2.21. The van der Waals surface area contributed by atoms with Crippen molar-refractivity contribution in [2.24, 2.45) is 0 Å². The summed E-state index contributed by atoms with van der Waals surface area (Å²) in [6, 6.07) is 4.09. The zero-order chi connectivity index (χ0) is 17.8. The number of fused-ring (bicyclic) bond motifs is 1. The van der Waals surface area contributed by atoms with Crippen LogP contribution in [0.4, 0.5) is 5.95 Å². The quantitative estimate of drug-likeness (QED) is 0.802. The highest BCUT2D eigenvalue weighted by Crippen LogP contribution is 2.29. The SMILES string of the molecule is COC(=O)COc1c(C)ccc2cnc(N[C@H]3CC[C@H](O)CC3)nc12. The minimum Gasteiger partial charge on any atom is -0.479 e. The molecule has 1 aliphatic rings. The third-order valence-electron chi connectivity index (χ3n) is 4.50. The molecule has 1 saturated carbocycles. The van der Waals surface area contributed by atoms with Crippen LogP contribution in [0.5, 0.6) is 5.75 Å². The van der Waals surface area contributed by atoms with E-state index in [1.165, 1.54) is 7.11 Å². The number of nitrogens with zero attached hydrogens (tertiary/aromatic N) is 2. The highest BCUT2D eigenvalue weighted by atomic mass is 16.6. The van der Waals surface area contributed by atoms with Crippen molar-refractivity contribution in [3.63, 3.8) is 0 Å². The highest BCUT2D eigenvalue weighted by Gasteiger charge is 2.20. The summed E-state index contributed by atoms with van der Waals surface area (Å²) in [5.41, 5.74) is 1.55. The number of aliphatic hydroxyl groups is 1. The number of rotatable bonds is 5. The number of methoxy groups -OCH3 is 1. The molecule has 0 atom stereocenters. The van der Waals surface area contributed by atoms with E-state index in [-0.39, 0.29) is 18.8 Å². The topological polar surface area (TPSA) is 93.6 Å². The van der Waals surface area contributed by atoms with Crippen molar-refractivity contribution < 1.29 is 19.4 Å². The molecule has 7 nitrogen and oxygen atoms in total. The number of esters is 1. The van der Waals surface area contributed by atoms with Gasteiger partial charge in [0.2, 0.25) is 5.95 Å². The fourth-order valence-corrected chi connectivity index (χ4v) is 3.02. The highest BCUT2D eigenvalue weighted by molar-refractivity contribution is 5.86. The second-order valence-corrected chi connectivity index (χ2v) is 6.36. The molecule has 0 aliphatic heterocycles. The molecule has 1 heterocycles. The fourth-order valence-electron chi connectivity index (χ4n) is 3.02. The average molecular weight is 345 g/mol. The molecule has 0 amide bonds. The van der Waals surface area contributed by atoms with Crippen molar-refractivity contribution in [1.29, 1.82) is 0 Å². The van der Waals surface area contributed by atoms with Crippen LogP contribution in [-0.2, 0) is 9.53 Å². The Kier molecular flexibility index (Phi) is 5.33. The molecule has 1 aromatic carbocycles. The number of aromatic nitrogens is 2. The average Bonchev–Trinajstić information content (AvgIpc) is 2.62. The van der Waals surface area contributed by atoms with Crippen molar-refractivity contribution in [2.75, 3.05) is 19.0 Å². The largest absolute Gasteiger partial charge is 0.479 e. The zero-order valence-corrected chi connectivity index (χ0v) is 14.5. The Hall–Kier alpha value is -2.41. The molecule has 0 saturated heterocycles. The first kappa shape index (κ1) is 17.4. The Balaban J connectivity index is 1.83. The number of benzene rings is 1. The number of hydrogen-bond acceptors (Lipinski definition) is 7. The lowest BCUT2D eigenvalue weighted by Gasteiger charge is -2.26. The number of aliphatic hydroxyl groups excluding tert-OH is 1. The molecule has 134 valence electrons. The van der Waals surface area contributed by atoms with Crippen molar-refractivity contribution in [3.05, 3.63) is 23.9 Å². The Morgan fingerprint density at radius 1 is 1.32 bits per heavy atom. The molecule has 1 aromatic heterocycles. The van der Waals surface area contributed by atoms with Crippen molar-refractivity contribution in [2.45, 2.75) is 44.8 Å². The van der Waals surface area contributed by atoms with Crippen LogP contribution in [0, 0.1) is 6.92 Å². The summed E-state index contributed by atoms with van der Waals surface area (Å²) in [7, 11) is 1.33. The summed E-state index contributed by atoms with van der Waals surface area (Å²) in [5, 5.41) is 13.8. The maximum atomic E-state index is 11.4. The lowest BCUT2D eigenvalue weighted by Crippen LogP contribution is -2.28. The normalized spacial score (nSPS) is 20.3. The smallest absolute Gasteiger partial charge is 0.343 e. The molecule has 0 spiro atoms. The van der Waals surface area contributed by atoms with E-state index in [1.807, 2.05) is 19.1 Å². The lowest BCUT2D eigenvalue weighted by atomic mass is 9.93. The molecule has 0 unspecified atom stereocenters. The molecule has 25 heavy (non-hydrogen) atoms. The monoisotopic (exact) mass is 345 g/mol. The van der Waals surface area contributed by atoms with Crippen molar-refractivity contribution in [3.8, 4) is 5.75 Å². The first-order valence-electron chi connectivity index (χ1n) is 8.47. The summed E-state index contributed by atoms with van der Waals surface area (Å²) in [6.07, 6.45) is 4.91. The molecule has 2 aromatic rings. The maximum Gasteiger partial charge on any atom is 0.343 e. The van der Waals surface area contributed by atoms with Gasteiger partial charge in [-0.15, -0.1) is 0 Å². The third-order valence-corrected chi connectivity index (χ3v) is 4.50. The van der Waals surface area contributed by atoms with Crippen LogP contribution in [0.15, 0.2) is 18.3 Å². The van der Waals surface area contributed by atoms with E-state index in [4.69, 9.17) is 4.74 Å². The first-order valence-corrected chi connectivity index (χ1v) is 8.47. The fraction of sp³-hybridized carbons (Fsp3) is 0.500. The molecule has 7 heteroatoms. The lowest BCUT2D eigenvalue weighted by molar-refractivity contribution is -0.142. The van der Waals surface area contributed by atoms with E-state index in [2.05, 4.69) is 20.0 Å². The van der Waals surface area contributed by atoms with Gasteiger partial charge in [0.05, 0.1) is 13.2 Å². The van der Waals surface area contributed by atoms with Crippen LogP contribution in [0.1, 0.15) is 31.2 Å². The van der Waals surface area contributed by atoms with E-state index >= 15 is 0 Å². The maximum absolute atomic E-state index is 11.4. The van der Waals surface area contributed by atoms with Gasteiger partial charge in [0.15, 0.2) is 6.61 Å². The Morgan fingerprint density at radius 3 is 2.80 bits per heavy atom. The number of nitrogens with one attached hydrogen (secondary N) is 1. The van der Waals surface area contributed by atoms with Gasteiger partial charge >= 0.3 is 5.97 Å². The Labute approximate surface area is 146 Å². The summed E-state index contributed by atoms with van der Waals surface area (Å²) in [6.45, 7) is 1.74. The number of hydrogen-bond donors (Lipinski definition) is 2. The minimum atomic E-state index is -0.440. The van der Waals surface area contributed by atoms with Crippen molar-refractivity contribution in [1.82, 2.24) is 9.97 Å². The van der Waals surface area contributed by atoms with Gasteiger partial charge in [-0.1, -0.05) is 12.1 Å². The standard InChI is InChI=1S/C18H23N3O4/c1-11-3-4-12-9-19-18(20-13-5-7-14(22)8-6-13)21-16(12)17(11)25-10-15(23)24-2/h3-4,9,13-14,22H,5-8,10H2,1-2H3,(H,19,20,21)/t13-,14-. The number of anilines is 1. The van der Waals surface area contributed by atoms with Gasteiger partial charge < -0.3 is 19.9 Å². The van der Waals surface area contributed by atoms with Gasteiger partial charge in [0.1, 0.15) is 11.3 Å². The number of ether oxygens (including phenoxy) is 2. The van der Waals surface area contributed by atoms with Crippen LogP contribution in [0.25, 0.3) is 10.9 Å². The van der Waals surface area contributed by atoms with Gasteiger partial charge in [-0.2, -0.15) is 0 Å². The minimum absolute atomic E-state index is 0.163. The number of aryl methyl sites for hydroxylation is 1. The van der Waals surface area contributed by atoms with Crippen LogP contribution in [0.2, 0.25) is 0 Å². The summed E-state index contributed by atoms with van der Waals surface area (Å²) >= 11 is 0. The second kappa shape index (κ2) is 7.65. The molecule has 0 radical (unpaired) electrons. The van der Waals surface area contributed by atoms with Gasteiger partial charge in [-0.3, -0.25) is 0 Å². The molecular weight excluding hydrogens is 322 g/mol. The second-order valence-electron chi connectivity index (χ2n) is 6.36. The van der Waals surface area contributed by atoms with E-state index in [9.17, 15) is 9.90 Å². The van der Waals surface area contributed by atoms with Crippen LogP contribution in [0.3, 0.4) is 0 Å². The number of carbonyl (C=O) groups excluding carboxylic acids is 1. The van der Waals surface area contributed by atoms with Gasteiger partial charge in [0, 0.05) is 17.6 Å². The van der Waals surface area contributed by atoms with Crippen LogP contribution in [-0.4, -0.2) is 46.9 Å².